The summed E-state index contributed by atoms with van der Waals surface area (Å²) < 4.78 is 17.8. The number of likely N-dealkylation sites (tertiary alicyclic amines) is 2. The van der Waals surface area contributed by atoms with Crippen LogP contribution >= 0.6 is 0 Å². The molecule has 0 spiro atoms. The summed E-state index contributed by atoms with van der Waals surface area (Å²) >= 11 is 0. The number of nitrogen functional groups attached to an aromatic ring is 1. The van der Waals surface area contributed by atoms with E-state index in [1.54, 1.807) is 72.8 Å². The predicted molar refractivity (Wildman–Crippen MR) is 278 cm³/mol. The normalized spacial score (nSPS) is 18.0. The van der Waals surface area contributed by atoms with Crippen molar-refractivity contribution in [3.05, 3.63) is 144 Å². The van der Waals surface area contributed by atoms with Crippen molar-refractivity contribution >= 4 is 40.7 Å². The Morgan fingerprint density at radius 3 is 1.41 bits per heavy atom. The minimum Gasteiger partial charge on any atom is -0.490 e. The van der Waals surface area contributed by atoms with Crippen LogP contribution in [-0.2, 0) is 11.3 Å². The molecule has 374 valence electrons. The molecule has 2 aliphatic heterocycles. The number of carbonyl (C=O) groups is 3. The van der Waals surface area contributed by atoms with Crippen molar-refractivity contribution in [2.24, 2.45) is 0 Å². The van der Waals surface area contributed by atoms with E-state index in [4.69, 9.17) is 19.9 Å². The highest BCUT2D eigenvalue weighted by molar-refractivity contribution is 6.07. The molecule has 5 aromatic rings. The quantitative estimate of drug-likeness (QED) is 0.0548. The van der Waals surface area contributed by atoms with Crippen LogP contribution in [0.2, 0.25) is 0 Å². The van der Waals surface area contributed by atoms with Gasteiger partial charge in [0.05, 0.1) is 34.0 Å². The molecule has 70 heavy (non-hydrogen) atoms. The number of anilines is 4. The molecule has 14 nitrogen and oxygen atoms in total. The number of ether oxygens (including phenoxy) is 3. The van der Waals surface area contributed by atoms with Crippen LogP contribution in [0.4, 0.5) is 27.5 Å². The van der Waals surface area contributed by atoms with Gasteiger partial charge in [-0.15, -0.1) is 0 Å². The fourth-order valence-electron chi connectivity index (χ4n) is 8.83. The first-order valence-corrected chi connectivity index (χ1v) is 24.0. The first-order valence-electron chi connectivity index (χ1n) is 24.0. The van der Waals surface area contributed by atoms with Gasteiger partial charge in [0.15, 0.2) is 0 Å². The van der Waals surface area contributed by atoms with Gasteiger partial charge in [0.1, 0.15) is 30.3 Å². The monoisotopic (exact) mass is 957 g/mol. The van der Waals surface area contributed by atoms with Crippen molar-refractivity contribution in [2.45, 2.75) is 122 Å². The van der Waals surface area contributed by atoms with Crippen molar-refractivity contribution < 1.29 is 38.8 Å². The molecule has 14 heteroatoms. The Hall–Kier alpha value is -6.45. The van der Waals surface area contributed by atoms with E-state index in [1.807, 2.05) is 82.3 Å². The Morgan fingerprint density at radius 1 is 0.586 bits per heavy atom. The van der Waals surface area contributed by atoms with E-state index >= 15 is 0 Å². The van der Waals surface area contributed by atoms with Gasteiger partial charge in [-0.3, -0.25) is 24.7 Å². The highest BCUT2D eigenvalue weighted by atomic mass is 16.5. The summed E-state index contributed by atoms with van der Waals surface area (Å²) in [5.41, 5.74) is 8.20. The molecule has 0 aromatic heterocycles. The second-order valence-corrected chi connectivity index (χ2v) is 20.8. The molecule has 0 bridgehead atoms. The number of nitrogens with two attached hydrogens (primary N) is 1. The standard InChI is InChI=1S/C32H39N3O5.C24H33N3O3/c1-31(2)20-26(18-19-35(31)22-32(3,4)38)40-25-16-14-24(15-17-25)29(36)33-27-12-8-9-13-28(27)34-30(37)39-21-23-10-6-5-7-11-23;1-23(2)15-19(13-14-27(23)16-24(3,4)29)30-18-11-9-17(10-12-18)22(28)26-21-8-6-5-7-20(21)25/h5-17,26,38H,18-22H2,1-4H3,(H,33,36)(H,34,37);5-12,19,29H,13-16,25H2,1-4H3,(H,26,28). The Labute approximate surface area is 413 Å². The average Bonchev–Trinajstić information content (AvgIpc) is 3.29. The van der Waals surface area contributed by atoms with Gasteiger partial charge in [-0.2, -0.15) is 0 Å². The second kappa shape index (κ2) is 23.0. The first kappa shape index (κ1) is 52.9. The lowest BCUT2D eigenvalue weighted by atomic mass is 9.87. The minimum absolute atomic E-state index is 0.0485. The molecule has 7 rings (SSSR count). The van der Waals surface area contributed by atoms with Crippen LogP contribution in [0.3, 0.4) is 0 Å². The summed E-state index contributed by atoms with van der Waals surface area (Å²) in [6.07, 6.45) is 3.01. The number of hydrogen-bond donors (Lipinski definition) is 6. The predicted octanol–water partition coefficient (Wildman–Crippen LogP) is 9.99. The fraction of sp³-hybridized carbons (Fsp3) is 0.411. The van der Waals surface area contributed by atoms with Gasteiger partial charge in [0.25, 0.3) is 11.8 Å². The molecule has 0 radical (unpaired) electrons. The van der Waals surface area contributed by atoms with Crippen LogP contribution in [0.1, 0.15) is 107 Å². The third-order valence-electron chi connectivity index (χ3n) is 12.4. The number of β-amino-alcohol motifs (C(OH)–C–C–N with tert-alkyl or cyclic N) is 2. The Kier molecular flexibility index (Phi) is 17.4. The number of piperidine rings is 2. The molecule has 0 saturated carbocycles. The molecule has 0 aliphatic carbocycles. The van der Waals surface area contributed by atoms with E-state index in [1.165, 1.54) is 0 Å². The maximum absolute atomic E-state index is 13.0. The lowest BCUT2D eigenvalue weighted by Crippen LogP contribution is -2.56. The number of benzene rings is 5. The Bertz CT molecular complexity index is 2500. The molecule has 2 atom stereocenters. The molecule has 2 fully saturated rings. The van der Waals surface area contributed by atoms with Crippen LogP contribution in [0.15, 0.2) is 127 Å². The van der Waals surface area contributed by atoms with E-state index in [0.29, 0.717) is 52.7 Å². The summed E-state index contributed by atoms with van der Waals surface area (Å²) in [6, 6.07) is 37.8. The van der Waals surface area contributed by atoms with Crippen molar-refractivity contribution in [3.8, 4) is 11.5 Å². The maximum atomic E-state index is 13.0. The number of amides is 3. The number of rotatable bonds is 15. The first-order chi connectivity index (χ1) is 33.0. The highest BCUT2D eigenvalue weighted by Gasteiger charge is 2.39. The Balaban J connectivity index is 0.000000239. The van der Waals surface area contributed by atoms with Gasteiger partial charge in [-0.25, -0.2) is 4.79 Å². The van der Waals surface area contributed by atoms with Crippen LogP contribution < -0.4 is 31.2 Å². The molecule has 2 unspecified atom stereocenters. The summed E-state index contributed by atoms with van der Waals surface area (Å²) in [5.74, 6) is 0.944. The second-order valence-electron chi connectivity index (χ2n) is 20.8. The average molecular weight is 957 g/mol. The van der Waals surface area contributed by atoms with Crippen LogP contribution in [0.25, 0.3) is 0 Å². The zero-order valence-electron chi connectivity index (χ0n) is 42.0. The summed E-state index contributed by atoms with van der Waals surface area (Å²) in [7, 11) is 0. The SMILES string of the molecule is CC(C)(O)CN1CCC(Oc2ccc(C(=O)Nc3ccccc3N)cc2)CC1(C)C.CC(C)(O)CN1CCC(Oc2ccc(C(=O)Nc3ccccc3NC(=O)OCc3ccccc3)cc2)CC1(C)C. The molecule has 3 amide bonds. The van der Waals surface area contributed by atoms with Gasteiger partial charge >= 0.3 is 6.09 Å². The summed E-state index contributed by atoms with van der Waals surface area (Å²) in [6.45, 7) is 19.2. The van der Waals surface area contributed by atoms with Crippen LogP contribution in [0.5, 0.6) is 11.5 Å². The molecule has 5 aromatic carbocycles. The molecular formula is C56H72N6O8. The van der Waals surface area contributed by atoms with Gasteiger partial charge < -0.3 is 40.8 Å². The number of aliphatic hydroxyl groups is 2. The van der Waals surface area contributed by atoms with E-state index in [9.17, 15) is 24.6 Å². The van der Waals surface area contributed by atoms with Crippen LogP contribution in [0, 0.1) is 0 Å². The van der Waals surface area contributed by atoms with E-state index in [-0.39, 0.29) is 41.7 Å². The number of hydrogen-bond acceptors (Lipinski definition) is 11. The number of nitrogens with zero attached hydrogens (tertiary/aromatic N) is 2. The maximum Gasteiger partial charge on any atom is 0.412 e. The molecule has 2 aliphatic rings. The van der Waals surface area contributed by atoms with Gasteiger partial charge in [-0.05, 0) is 147 Å². The molecular weight excluding hydrogens is 885 g/mol. The van der Waals surface area contributed by atoms with Crippen molar-refractivity contribution in [1.82, 2.24) is 9.80 Å². The van der Waals surface area contributed by atoms with Crippen LogP contribution in [-0.4, -0.2) is 98.6 Å². The smallest absolute Gasteiger partial charge is 0.412 e. The summed E-state index contributed by atoms with van der Waals surface area (Å²) in [4.78, 5) is 42.4. The van der Waals surface area contributed by atoms with Crippen molar-refractivity contribution in [1.29, 1.82) is 0 Å². The molecule has 2 heterocycles. The fourth-order valence-corrected chi connectivity index (χ4v) is 8.83. The Morgan fingerprint density at radius 2 is 0.986 bits per heavy atom. The van der Waals surface area contributed by atoms with Crippen molar-refractivity contribution in [2.75, 3.05) is 47.9 Å². The third kappa shape index (κ3) is 16.1. The van der Waals surface area contributed by atoms with Gasteiger partial charge in [0.2, 0.25) is 0 Å². The summed E-state index contributed by atoms with van der Waals surface area (Å²) in [5, 5.41) is 28.8. The zero-order chi connectivity index (χ0) is 50.7. The largest absolute Gasteiger partial charge is 0.490 e. The van der Waals surface area contributed by atoms with E-state index in [0.717, 1.165) is 50.1 Å². The number of para-hydroxylation sites is 4. The highest BCUT2D eigenvalue weighted by Crippen LogP contribution is 2.33. The van der Waals surface area contributed by atoms with E-state index in [2.05, 4.69) is 53.4 Å². The third-order valence-corrected chi connectivity index (χ3v) is 12.4. The molecule has 7 N–H and O–H groups in total. The van der Waals surface area contributed by atoms with Gasteiger partial charge in [0, 0.05) is 61.2 Å². The number of carbonyl (C=O) groups excluding carboxylic acids is 3. The van der Waals surface area contributed by atoms with E-state index < -0.39 is 17.3 Å². The zero-order valence-corrected chi connectivity index (χ0v) is 42.0. The van der Waals surface area contributed by atoms with Crippen molar-refractivity contribution in [3.63, 3.8) is 0 Å². The number of nitrogens with one attached hydrogen (secondary N) is 3. The lowest BCUT2D eigenvalue weighted by Gasteiger charge is -2.47. The topological polar surface area (TPSA) is 188 Å². The minimum atomic E-state index is -0.746. The lowest BCUT2D eigenvalue weighted by molar-refractivity contribution is -0.0433. The van der Waals surface area contributed by atoms with Gasteiger partial charge in [-0.1, -0.05) is 54.6 Å². The molecule has 2 saturated heterocycles.